The number of rotatable bonds is 7. The van der Waals surface area contributed by atoms with Gasteiger partial charge in [-0.2, -0.15) is 11.3 Å². The first-order valence-corrected chi connectivity index (χ1v) is 11.2. The third kappa shape index (κ3) is 5.42. The maximum atomic E-state index is 13.2. The molecule has 0 saturated heterocycles. The summed E-state index contributed by atoms with van der Waals surface area (Å²) < 4.78 is 0. The maximum absolute atomic E-state index is 13.2. The van der Waals surface area contributed by atoms with Crippen molar-refractivity contribution < 1.29 is 9.59 Å². The molecule has 2 atom stereocenters. The third-order valence-electron chi connectivity index (χ3n) is 4.72. The van der Waals surface area contributed by atoms with Crippen LogP contribution in [-0.2, 0) is 4.79 Å². The summed E-state index contributed by atoms with van der Waals surface area (Å²) in [6, 6.07) is 15.0. The molecular formula is C23H22Cl2N2O2S. The van der Waals surface area contributed by atoms with E-state index in [0.29, 0.717) is 15.6 Å². The van der Waals surface area contributed by atoms with Crippen LogP contribution in [0.5, 0.6) is 0 Å². The standard InChI is InChI=1S/C23H22Cl2N2O2S/c1-14(2)20(26-22(28)18-5-3-4-6-19(18)25)23(29)27-21(16-11-12-30-13-16)15-7-9-17(24)10-8-15/h3-14,20-21H,1-2H3,(H,26,28)(H,27,29). The molecule has 2 amide bonds. The molecule has 4 nitrogen and oxygen atoms in total. The molecule has 0 spiro atoms. The minimum Gasteiger partial charge on any atom is -0.343 e. The van der Waals surface area contributed by atoms with Crippen molar-refractivity contribution in [3.05, 3.63) is 92.1 Å². The van der Waals surface area contributed by atoms with Crippen molar-refractivity contribution in [1.82, 2.24) is 10.6 Å². The van der Waals surface area contributed by atoms with Gasteiger partial charge in [-0.15, -0.1) is 0 Å². The average Bonchev–Trinajstić information content (AvgIpc) is 3.25. The second kappa shape index (κ2) is 10.1. The van der Waals surface area contributed by atoms with E-state index in [1.54, 1.807) is 47.7 Å². The number of carbonyl (C=O) groups excluding carboxylic acids is 2. The van der Waals surface area contributed by atoms with Crippen LogP contribution in [0.1, 0.15) is 41.4 Å². The van der Waals surface area contributed by atoms with Gasteiger partial charge >= 0.3 is 0 Å². The molecular weight excluding hydrogens is 439 g/mol. The number of benzene rings is 2. The van der Waals surface area contributed by atoms with Gasteiger partial charge in [0.15, 0.2) is 0 Å². The number of amides is 2. The van der Waals surface area contributed by atoms with Crippen molar-refractivity contribution in [3.63, 3.8) is 0 Å². The van der Waals surface area contributed by atoms with E-state index < -0.39 is 6.04 Å². The molecule has 0 fully saturated rings. The highest BCUT2D eigenvalue weighted by Crippen LogP contribution is 2.26. The molecule has 0 aliphatic heterocycles. The lowest BCUT2D eigenvalue weighted by atomic mass is 9.98. The van der Waals surface area contributed by atoms with Gasteiger partial charge in [0.25, 0.3) is 5.91 Å². The lowest BCUT2D eigenvalue weighted by Gasteiger charge is -2.26. The number of hydrogen-bond donors (Lipinski definition) is 2. The fourth-order valence-electron chi connectivity index (χ4n) is 3.08. The quantitative estimate of drug-likeness (QED) is 0.473. The smallest absolute Gasteiger partial charge is 0.253 e. The molecule has 1 heterocycles. The van der Waals surface area contributed by atoms with Gasteiger partial charge < -0.3 is 10.6 Å². The van der Waals surface area contributed by atoms with Crippen LogP contribution < -0.4 is 10.6 Å². The Morgan fingerprint density at radius 1 is 0.900 bits per heavy atom. The Morgan fingerprint density at radius 3 is 2.20 bits per heavy atom. The SMILES string of the molecule is CC(C)C(NC(=O)c1ccccc1Cl)C(=O)NC(c1ccc(Cl)cc1)c1ccsc1. The van der Waals surface area contributed by atoms with Gasteiger partial charge in [-0.3, -0.25) is 9.59 Å². The molecule has 2 unspecified atom stereocenters. The molecule has 2 aromatic carbocycles. The molecule has 0 aliphatic rings. The Kier molecular flexibility index (Phi) is 7.53. The second-order valence-corrected chi connectivity index (χ2v) is 8.85. The normalized spacial score (nSPS) is 13.0. The molecule has 2 N–H and O–H groups in total. The zero-order valence-corrected chi connectivity index (χ0v) is 18.9. The van der Waals surface area contributed by atoms with E-state index in [4.69, 9.17) is 23.2 Å². The minimum absolute atomic E-state index is 0.121. The summed E-state index contributed by atoms with van der Waals surface area (Å²) >= 11 is 13.7. The highest BCUT2D eigenvalue weighted by Gasteiger charge is 2.28. The van der Waals surface area contributed by atoms with E-state index in [1.807, 2.05) is 42.8 Å². The highest BCUT2D eigenvalue weighted by atomic mass is 35.5. The lowest BCUT2D eigenvalue weighted by Crippen LogP contribution is -2.50. The zero-order valence-electron chi connectivity index (χ0n) is 16.6. The molecule has 30 heavy (non-hydrogen) atoms. The first kappa shape index (κ1) is 22.3. The summed E-state index contributed by atoms with van der Waals surface area (Å²) in [6.07, 6.45) is 0. The number of nitrogens with one attached hydrogen (secondary N) is 2. The minimum atomic E-state index is -0.720. The summed E-state index contributed by atoms with van der Waals surface area (Å²) in [5.74, 6) is -0.769. The Labute approximate surface area is 190 Å². The second-order valence-electron chi connectivity index (χ2n) is 7.22. The van der Waals surface area contributed by atoms with Crippen LogP contribution >= 0.6 is 34.5 Å². The van der Waals surface area contributed by atoms with Crippen LogP contribution in [0, 0.1) is 5.92 Å². The summed E-state index contributed by atoms with van der Waals surface area (Å²) in [7, 11) is 0. The van der Waals surface area contributed by atoms with Gasteiger partial charge in [0.05, 0.1) is 16.6 Å². The number of carbonyl (C=O) groups is 2. The van der Waals surface area contributed by atoms with Crippen molar-refractivity contribution in [3.8, 4) is 0 Å². The summed E-state index contributed by atoms with van der Waals surface area (Å²) in [5, 5.41) is 10.8. The summed E-state index contributed by atoms with van der Waals surface area (Å²) in [4.78, 5) is 25.9. The monoisotopic (exact) mass is 460 g/mol. The number of hydrogen-bond acceptors (Lipinski definition) is 3. The zero-order chi connectivity index (χ0) is 21.7. The van der Waals surface area contributed by atoms with Crippen molar-refractivity contribution >= 4 is 46.4 Å². The van der Waals surface area contributed by atoms with E-state index in [-0.39, 0.29) is 23.8 Å². The fraction of sp³-hybridized carbons (Fsp3) is 0.217. The lowest BCUT2D eigenvalue weighted by molar-refractivity contribution is -0.124. The van der Waals surface area contributed by atoms with Gasteiger partial charge in [-0.1, -0.05) is 61.3 Å². The summed E-state index contributed by atoms with van der Waals surface area (Å²) in [6.45, 7) is 3.78. The Hall–Kier alpha value is -2.34. The van der Waals surface area contributed by atoms with Crippen molar-refractivity contribution in [2.45, 2.75) is 25.9 Å². The van der Waals surface area contributed by atoms with Crippen molar-refractivity contribution in [2.24, 2.45) is 5.92 Å². The largest absolute Gasteiger partial charge is 0.343 e. The van der Waals surface area contributed by atoms with Crippen molar-refractivity contribution in [1.29, 1.82) is 0 Å². The highest BCUT2D eigenvalue weighted by molar-refractivity contribution is 7.08. The fourth-order valence-corrected chi connectivity index (χ4v) is 4.12. The van der Waals surface area contributed by atoms with Crippen LogP contribution in [-0.4, -0.2) is 17.9 Å². The van der Waals surface area contributed by atoms with Crippen LogP contribution in [0.4, 0.5) is 0 Å². The predicted octanol–water partition coefficient (Wildman–Crippen LogP) is 5.72. The molecule has 156 valence electrons. The van der Waals surface area contributed by atoms with Crippen molar-refractivity contribution in [2.75, 3.05) is 0 Å². The molecule has 0 radical (unpaired) electrons. The van der Waals surface area contributed by atoms with E-state index in [2.05, 4.69) is 10.6 Å². The molecule has 3 rings (SSSR count). The van der Waals surface area contributed by atoms with E-state index >= 15 is 0 Å². The van der Waals surface area contributed by atoms with Crippen LogP contribution in [0.15, 0.2) is 65.4 Å². The first-order chi connectivity index (χ1) is 14.4. The van der Waals surface area contributed by atoms with Crippen LogP contribution in [0.2, 0.25) is 10.0 Å². The van der Waals surface area contributed by atoms with E-state index in [9.17, 15) is 9.59 Å². The maximum Gasteiger partial charge on any atom is 0.253 e. The topological polar surface area (TPSA) is 58.2 Å². The van der Waals surface area contributed by atoms with Gasteiger partial charge in [0.2, 0.25) is 5.91 Å². The van der Waals surface area contributed by atoms with E-state index in [0.717, 1.165) is 11.1 Å². The number of thiophene rings is 1. The Bertz CT molecular complexity index is 1000. The van der Waals surface area contributed by atoms with Gasteiger partial charge in [-0.25, -0.2) is 0 Å². The Balaban J connectivity index is 1.82. The molecule has 1 aromatic heterocycles. The molecule has 3 aromatic rings. The Morgan fingerprint density at radius 2 is 1.60 bits per heavy atom. The van der Waals surface area contributed by atoms with Gasteiger partial charge in [0, 0.05) is 5.02 Å². The molecule has 7 heteroatoms. The van der Waals surface area contributed by atoms with Gasteiger partial charge in [0.1, 0.15) is 6.04 Å². The average molecular weight is 461 g/mol. The first-order valence-electron chi connectivity index (χ1n) is 9.50. The van der Waals surface area contributed by atoms with Crippen LogP contribution in [0.25, 0.3) is 0 Å². The molecule has 0 aliphatic carbocycles. The molecule has 0 saturated carbocycles. The van der Waals surface area contributed by atoms with E-state index in [1.165, 1.54) is 0 Å². The summed E-state index contributed by atoms with van der Waals surface area (Å²) in [5.41, 5.74) is 2.21. The van der Waals surface area contributed by atoms with Gasteiger partial charge in [-0.05, 0) is 58.1 Å². The van der Waals surface area contributed by atoms with Crippen LogP contribution in [0.3, 0.4) is 0 Å². The predicted molar refractivity (Wildman–Crippen MR) is 123 cm³/mol. The molecule has 0 bridgehead atoms. The number of halogens is 2. The third-order valence-corrected chi connectivity index (χ3v) is 6.00.